The van der Waals surface area contributed by atoms with Gasteiger partial charge in [-0.1, -0.05) is 29.8 Å². The highest BCUT2D eigenvalue weighted by Gasteiger charge is 2.30. The van der Waals surface area contributed by atoms with Gasteiger partial charge in [-0.2, -0.15) is 12.7 Å². The van der Waals surface area contributed by atoms with Crippen molar-refractivity contribution < 1.29 is 17.6 Å². The van der Waals surface area contributed by atoms with Gasteiger partial charge >= 0.3 is 10.2 Å². The van der Waals surface area contributed by atoms with Crippen LogP contribution in [0.2, 0.25) is 5.15 Å². The van der Waals surface area contributed by atoms with Gasteiger partial charge in [0.2, 0.25) is 0 Å². The van der Waals surface area contributed by atoms with E-state index in [1.807, 2.05) is 36.4 Å². The highest BCUT2D eigenvalue weighted by molar-refractivity contribution is 7.87. The average Bonchev–Trinajstić information content (AvgIpc) is 3.52. The van der Waals surface area contributed by atoms with E-state index in [0.29, 0.717) is 27.6 Å². The van der Waals surface area contributed by atoms with E-state index in [0.717, 1.165) is 15.1 Å². The summed E-state index contributed by atoms with van der Waals surface area (Å²) >= 11 is 6.61. The van der Waals surface area contributed by atoms with Crippen LogP contribution in [0.5, 0.6) is 0 Å². The summed E-state index contributed by atoms with van der Waals surface area (Å²) in [5, 5.41) is 2.30. The van der Waals surface area contributed by atoms with Gasteiger partial charge in [0.05, 0.1) is 34.8 Å². The number of aromatic amines is 1. The van der Waals surface area contributed by atoms with Gasteiger partial charge in [0.25, 0.3) is 11.5 Å². The zero-order valence-electron chi connectivity index (χ0n) is 21.3. The molecular formula is C28H22ClN5O5S. The first-order valence-electron chi connectivity index (χ1n) is 12.1. The summed E-state index contributed by atoms with van der Waals surface area (Å²) in [6.45, 7) is 0.0505. The number of fused-ring (bicyclic) bond motifs is 4. The second kappa shape index (κ2) is 9.63. The molecule has 4 heterocycles. The topological polar surface area (TPSA) is 130 Å². The minimum atomic E-state index is -4.18. The Morgan fingerprint density at radius 3 is 2.67 bits per heavy atom. The van der Waals surface area contributed by atoms with E-state index in [-0.39, 0.29) is 28.5 Å². The number of para-hydroxylation sites is 1. The molecule has 2 N–H and O–H groups in total. The molecule has 0 unspecified atom stereocenters. The van der Waals surface area contributed by atoms with Crippen molar-refractivity contribution in [3.63, 3.8) is 0 Å². The predicted molar refractivity (Wildman–Crippen MR) is 154 cm³/mol. The van der Waals surface area contributed by atoms with Crippen LogP contribution in [0.15, 0.2) is 82.3 Å². The first-order valence-corrected chi connectivity index (χ1v) is 14.0. The molecule has 202 valence electrons. The van der Waals surface area contributed by atoms with Gasteiger partial charge in [-0.3, -0.25) is 9.59 Å². The lowest BCUT2D eigenvalue weighted by molar-refractivity contribution is 0.0972. The number of pyridine rings is 2. The summed E-state index contributed by atoms with van der Waals surface area (Å²) in [4.78, 5) is 34.1. The number of hydrogen-bond acceptors (Lipinski definition) is 6. The summed E-state index contributed by atoms with van der Waals surface area (Å²) in [7, 11) is -1.56. The number of aromatic nitrogens is 3. The first-order chi connectivity index (χ1) is 19.2. The predicted octanol–water partition coefficient (Wildman–Crippen LogP) is 4.53. The number of amides is 1. The molecule has 10 nitrogen and oxygen atoms in total. The van der Waals surface area contributed by atoms with Crippen molar-refractivity contribution >= 4 is 60.5 Å². The van der Waals surface area contributed by atoms with Crippen molar-refractivity contribution in [3.8, 4) is 11.1 Å². The fourth-order valence-electron chi connectivity index (χ4n) is 4.82. The highest BCUT2D eigenvalue weighted by atomic mass is 35.5. The van der Waals surface area contributed by atoms with Crippen molar-refractivity contribution in [1.82, 2.24) is 23.6 Å². The largest absolute Gasteiger partial charge is 0.464 e. The summed E-state index contributed by atoms with van der Waals surface area (Å²) in [6, 6.07) is 17.9. The van der Waals surface area contributed by atoms with Crippen LogP contribution in [0, 0.1) is 0 Å². The third kappa shape index (κ3) is 4.24. The molecular weight excluding hydrogens is 554 g/mol. The van der Waals surface area contributed by atoms with Crippen molar-refractivity contribution in [2.75, 3.05) is 14.1 Å². The Balaban J connectivity index is 1.70. The number of hydrogen-bond donors (Lipinski definition) is 2. The molecule has 4 aromatic heterocycles. The maximum atomic E-state index is 13.9. The smallest absolute Gasteiger partial charge is 0.303 e. The maximum Gasteiger partial charge on any atom is 0.303 e. The Labute approximate surface area is 233 Å². The SMILES string of the molecule is CN(C)S(=O)(=O)NC(=O)c1c(-c2ccc[nH]c2=O)c2c3occc3ccc2n1Cc1cc2ccccc2nc1Cl. The number of nitrogens with one attached hydrogen (secondary N) is 2. The molecule has 1 amide bonds. The number of nitrogens with zero attached hydrogens (tertiary/aromatic N) is 3. The van der Waals surface area contributed by atoms with Gasteiger partial charge in [0, 0.05) is 42.2 Å². The summed E-state index contributed by atoms with van der Waals surface area (Å²) in [5.41, 5.74) is 2.18. The van der Waals surface area contributed by atoms with Crippen LogP contribution in [0.25, 0.3) is 43.9 Å². The molecule has 0 radical (unpaired) electrons. The maximum absolute atomic E-state index is 13.9. The average molecular weight is 576 g/mol. The Kier molecular flexibility index (Phi) is 6.21. The summed E-state index contributed by atoms with van der Waals surface area (Å²) < 4.78 is 36.0. The Bertz CT molecular complexity index is 2130. The molecule has 0 aliphatic rings. The van der Waals surface area contributed by atoms with Crippen LogP contribution in [-0.2, 0) is 16.8 Å². The van der Waals surface area contributed by atoms with Crippen LogP contribution in [0.4, 0.5) is 0 Å². The second-order valence-electron chi connectivity index (χ2n) is 9.37. The molecule has 0 atom stereocenters. The highest BCUT2D eigenvalue weighted by Crippen LogP contribution is 2.39. The monoisotopic (exact) mass is 575 g/mol. The van der Waals surface area contributed by atoms with E-state index >= 15 is 0 Å². The van der Waals surface area contributed by atoms with Gasteiger partial charge in [-0.05, 0) is 42.5 Å². The molecule has 0 aliphatic heterocycles. The molecule has 12 heteroatoms. The van der Waals surface area contributed by atoms with E-state index in [9.17, 15) is 18.0 Å². The van der Waals surface area contributed by atoms with Crippen LogP contribution in [0.3, 0.4) is 0 Å². The Morgan fingerprint density at radius 1 is 1.10 bits per heavy atom. The molecule has 0 spiro atoms. The van der Waals surface area contributed by atoms with Gasteiger partial charge < -0.3 is 14.0 Å². The fourth-order valence-corrected chi connectivity index (χ4v) is 5.54. The number of furan rings is 1. The number of carbonyl (C=O) groups is 1. The quantitative estimate of drug-likeness (QED) is 0.281. The number of carbonyl (C=O) groups excluding carboxylic acids is 1. The third-order valence-electron chi connectivity index (χ3n) is 6.73. The van der Waals surface area contributed by atoms with Crippen LogP contribution < -0.4 is 10.3 Å². The molecule has 0 fully saturated rings. The number of H-pyrrole nitrogens is 1. The number of rotatable bonds is 6. The second-order valence-corrected chi connectivity index (χ2v) is 11.6. The van der Waals surface area contributed by atoms with Crippen molar-refractivity contribution in [3.05, 3.63) is 99.9 Å². The lowest BCUT2D eigenvalue weighted by Gasteiger charge is -2.16. The van der Waals surface area contributed by atoms with Crippen molar-refractivity contribution in [1.29, 1.82) is 0 Å². The number of benzene rings is 2. The minimum absolute atomic E-state index is 0.0505. The molecule has 0 aliphatic carbocycles. The fraction of sp³-hybridized carbons (Fsp3) is 0.107. The zero-order chi connectivity index (χ0) is 28.2. The van der Waals surface area contributed by atoms with Crippen molar-refractivity contribution in [2.45, 2.75) is 6.54 Å². The summed E-state index contributed by atoms with van der Waals surface area (Å²) in [5.74, 6) is -0.923. The van der Waals surface area contributed by atoms with E-state index < -0.39 is 21.7 Å². The Morgan fingerprint density at radius 2 is 1.90 bits per heavy atom. The van der Waals surface area contributed by atoms with Crippen LogP contribution >= 0.6 is 11.6 Å². The molecule has 40 heavy (non-hydrogen) atoms. The van der Waals surface area contributed by atoms with E-state index in [1.165, 1.54) is 26.6 Å². The normalized spacial score (nSPS) is 12.1. The van der Waals surface area contributed by atoms with E-state index in [1.54, 1.807) is 28.8 Å². The molecule has 0 saturated heterocycles. The van der Waals surface area contributed by atoms with Gasteiger partial charge in [0.1, 0.15) is 16.4 Å². The molecule has 2 aromatic carbocycles. The zero-order valence-corrected chi connectivity index (χ0v) is 22.9. The molecule has 0 saturated carbocycles. The number of halogens is 1. The first kappa shape index (κ1) is 25.8. The van der Waals surface area contributed by atoms with Crippen LogP contribution in [0.1, 0.15) is 16.1 Å². The third-order valence-corrected chi connectivity index (χ3v) is 8.46. The van der Waals surface area contributed by atoms with Gasteiger partial charge in [-0.15, -0.1) is 0 Å². The summed E-state index contributed by atoms with van der Waals surface area (Å²) in [6.07, 6.45) is 2.99. The minimum Gasteiger partial charge on any atom is -0.464 e. The van der Waals surface area contributed by atoms with Gasteiger partial charge in [-0.25, -0.2) is 9.71 Å². The van der Waals surface area contributed by atoms with E-state index in [2.05, 4.69) is 14.7 Å². The lowest BCUT2D eigenvalue weighted by atomic mass is 10.0. The molecule has 6 aromatic rings. The standard InChI is InChI=1S/C28H22ClN5O5S/c1-33(2)40(37,38)32-28(36)24-22(19-7-5-12-30-27(19)35)23-21(10-9-16-11-13-39-25(16)23)34(24)15-18-14-17-6-3-4-8-20(17)31-26(18)29/h3-14H,15H2,1-2H3,(H,30,35)(H,32,36). The van der Waals surface area contributed by atoms with Crippen LogP contribution in [-0.4, -0.2) is 47.3 Å². The molecule has 0 bridgehead atoms. The van der Waals surface area contributed by atoms with Crippen molar-refractivity contribution in [2.24, 2.45) is 0 Å². The van der Waals surface area contributed by atoms with E-state index in [4.69, 9.17) is 16.0 Å². The Hall–Kier alpha value is -4.45. The van der Waals surface area contributed by atoms with Gasteiger partial charge in [0.15, 0.2) is 0 Å². The molecule has 6 rings (SSSR count). The lowest BCUT2D eigenvalue weighted by Crippen LogP contribution is -2.40.